The first-order valence-electron chi connectivity index (χ1n) is 7.52. The van der Waals surface area contributed by atoms with Gasteiger partial charge in [0.2, 0.25) is 0 Å². The zero-order chi connectivity index (χ0) is 15.9. The van der Waals surface area contributed by atoms with Crippen LogP contribution in [0.4, 0.5) is 0 Å². The van der Waals surface area contributed by atoms with E-state index < -0.39 is 17.9 Å². The molecule has 1 fully saturated rings. The Balaban J connectivity index is 1.96. The molecule has 0 spiro atoms. The molecule has 1 aromatic carbocycles. The van der Waals surface area contributed by atoms with Crippen molar-refractivity contribution in [3.8, 4) is 0 Å². The van der Waals surface area contributed by atoms with Crippen molar-refractivity contribution in [1.82, 2.24) is 4.90 Å². The molecule has 1 aromatic rings. The summed E-state index contributed by atoms with van der Waals surface area (Å²) in [5, 5.41) is 0. The minimum atomic E-state index is -0.809. The number of rotatable bonds is 1. The molecule has 0 aromatic heterocycles. The van der Waals surface area contributed by atoms with Gasteiger partial charge in [-0.3, -0.25) is 24.1 Å². The lowest BCUT2D eigenvalue weighted by molar-refractivity contribution is -0.125. The first kappa shape index (κ1) is 14.6. The van der Waals surface area contributed by atoms with Gasteiger partial charge in [-0.05, 0) is 31.4 Å². The Kier molecular flexibility index (Phi) is 3.64. The monoisotopic (exact) mass is 299 g/mol. The number of imide groups is 1. The molecular formula is C17H17NO4. The summed E-state index contributed by atoms with van der Waals surface area (Å²) < 4.78 is 0. The summed E-state index contributed by atoms with van der Waals surface area (Å²) in [6.07, 6.45) is 1.61. The second-order valence-corrected chi connectivity index (χ2v) is 5.89. The molecule has 1 unspecified atom stereocenters. The molecule has 114 valence electrons. The molecule has 1 heterocycles. The molecule has 3 rings (SSSR count). The van der Waals surface area contributed by atoms with E-state index in [1.807, 2.05) is 0 Å². The Hall–Kier alpha value is -2.30. The number of carbonyl (C=O) groups excluding carboxylic acids is 4. The summed E-state index contributed by atoms with van der Waals surface area (Å²) in [5.41, 5.74) is 1.47. The van der Waals surface area contributed by atoms with E-state index in [0.29, 0.717) is 24.0 Å². The number of Topliss-reactive ketones (excluding diaryl/α,β-unsaturated/α-hetero) is 2. The van der Waals surface area contributed by atoms with Gasteiger partial charge in [-0.1, -0.05) is 12.1 Å². The van der Waals surface area contributed by atoms with Gasteiger partial charge < -0.3 is 0 Å². The van der Waals surface area contributed by atoms with Crippen molar-refractivity contribution in [2.75, 3.05) is 0 Å². The fourth-order valence-electron chi connectivity index (χ4n) is 3.24. The third kappa shape index (κ3) is 2.26. The van der Waals surface area contributed by atoms with E-state index in [0.717, 1.165) is 10.5 Å². The maximum atomic E-state index is 12.6. The van der Waals surface area contributed by atoms with Crippen molar-refractivity contribution < 1.29 is 19.2 Å². The number of hydrogen-bond donors (Lipinski definition) is 0. The predicted octanol–water partition coefficient (Wildman–Crippen LogP) is 2.06. The number of fused-ring (bicyclic) bond motifs is 1. The number of aryl methyl sites for hydroxylation is 1. The highest BCUT2D eigenvalue weighted by Crippen LogP contribution is 2.30. The lowest BCUT2D eigenvalue weighted by Crippen LogP contribution is -2.45. The van der Waals surface area contributed by atoms with Crippen molar-refractivity contribution in [3.05, 3.63) is 34.9 Å². The van der Waals surface area contributed by atoms with Crippen LogP contribution in [0.1, 0.15) is 58.4 Å². The van der Waals surface area contributed by atoms with E-state index >= 15 is 0 Å². The average Bonchev–Trinajstić information content (AvgIpc) is 2.72. The first-order chi connectivity index (χ1) is 10.5. The highest BCUT2D eigenvalue weighted by atomic mass is 16.2. The van der Waals surface area contributed by atoms with Gasteiger partial charge in [-0.2, -0.15) is 0 Å². The maximum absolute atomic E-state index is 12.6. The molecule has 0 bridgehead atoms. The first-order valence-corrected chi connectivity index (χ1v) is 7.52. The smallest absolute Gasteiger partial charge is 0.262 e. The Labute approximate surface area is 128 Å². The summed E-state index contributed by atoms with van der Waals surface area (Å²) in [4.78, 5) is 50.2. The summed E-state index contributed by atoms with van der Waals surface area (Å²) in [6, 6.07) is 4.31. The summed E-state index contributed by atoms with van der Waals surface area (Å²) in [6.45, 7) is 1.77. The zero-order valence-corrected chi connectivity index (χ0v) is 12.4. The number of benzene rings is 1. The van der Waals surface area contributed by atoms with Crippen molar-refractivity contribution in [1.29, 1.82) is 0 Å². The third-order valence-corrected chi connectivity index (χ3v) is 4.41. The largest absolute Gasteiger partial charge is 0.300 e. The lowest BCUT2D eigenvalue weighted by Gasteiger charge is -2.26. The topological polar surface area (TPSA) is 71.5 Å². The molecule has 1 atom stereocenters. The molecule has 5 nitrogen and oxygen atoms in total. The molecule has 0 saturated heterocycles. The van der Waals surface area contributed by atoms with Gasteiger partial charge >= 0.3 is 0 Å². The molecule has 1 aliphatic carbocycles. The second kappa shape index (κ2) is 5.48. The summed E-state index contributed by atoms with van der Waals surface area (Å²) in [7, 11) is 0. The van der Waals surface area contributed by atoms with Gasteiger partial charge in [0.25, 0.3) is 11.8 Å². The van der Waals surface area contributed by atoms with E-state index in [2.05, 4.69) is 0 Å². The van der Waals surface area contributed by atoms with Crippen molar-refractivity contribution in [3.63, 3.8) is 0 Å². The zero-order valence-electron chi connectivity index (χ0n) is 12.4. The Morgan fingerprint density at radius 2 is 1.77 bits per heavy atom. The van der Waals surface area contributed by atoms with Gasteiger partial charge in [0.05, 0.1) is 17.2 Å². The van der Waals surface area contributed by atoms with Crippen LogP contribution in [0.2, 0.25) is 0 Å². The molecule has 22 heavy (non-hydrogen) atoms. The van der Waals surface area contributed by atoms with Crippen molar-refractivity contribution >= 4 is 23.4 Å². The lowest BCUT2D eigenvalue weighted by atomic mass is 9.93. The summed E-state index contributed by atoms with van der Waals surface area (Å²) in [5.74, 6) is -0.871. The van der Waals surface area contributed by atoms with E-state index in [1.54, 1.807) is 25.1 Å². The van der Waals surface area contributed by atoms with Gasteiger partial charge in [0, 0.05) is 19.3 Å². The number of carbonyl (C=O) groups is 4. The Morgan fingerprint density at radius 3 is 2.50 bits per heavy atom. The number of nitrogens with zero attached hydrogens (tertiary/aromatic N) is 1. The molecule has 5 heteroatoms. The number of hydrogen-bond acceptors (Lipinski definition) is 4. The van der Waals surface area contributed by atoms with Crippen LogP contribution in [0.25, 0.3) is 0 Å². The van der Waals surface area contributed by atoms with Crippen LogP contribution in [-0.4, -0.2) is 34.3 Å². The number of ketones is 2. The van der Waals surface area contributed by atoms with Crippen LogP contribution in [0, 0.1) is 6.92 Å². The average molecular weight is 299 g/mol. The minimum absolute atomic E-state index is 0.0882. The van der Waals surface area contributed by atoms with Crippen LogP contribution in [0.3, 0.4) is 0 Å². The Bertz CT molecular complexity index is 692. The predicted molar refractivity (Wildman–Crippen MR) is 78.6 cm³/mol. The van der Waals surface area contributed by atoms with Crippen LogP contribution in [0.5, 0.6) is 0 Å². The van der Waals surface area contributed by atoms with E-state index in [9.17, 15) is 19.2 Å². The van der Waals surface area contributed by atoms with Gasteiger partial charge in [0.1, 0.15) is 5.78 Å². The van der Waals surface area contributed by atoms with Gasteiger partial charge in [0.15, 0.2) is 5.78 Å². The Morgan fingerprint density at radius 1 is 1.00 bits per heavy atom. The molecular weight excluding hydrogens is 282 g/mol. The normalized spacial score (nSPS) is 22.6. The highest BCUT2D eigenvalue weighted by Gasteiger charge is 2.43. The van der Waals surface area contributed by atoms with E-state index in [-0.39, 0.29) is 30.8 Å². The van der Waals surface area contributed by atoms with E-state index in [4.69, 9.17) is 0 Å². The molecule has 0 N–H and O–H groups in total. The van der Waals surface area contributed by atoms with Gasteiger partial charge in [-0.25, -0.2) is 0 Å². The van der Waals surface area contributed by atoms with Gasteiger partial charge in [-0.15, -0.1) is 0 Å². The fourth-order valence-corrected chi connectivity index (χ4v) is 3.24. The molecule has 2 amide bonds. The SMILES string of the molecule is Cc1cccc2c1C(=O)N(C1CCC(=O)CCCC1=O)C2=O. The van der Waals surface area contributed by atoms with Crippen molar-refractivity contribution in [2.45, 2.75) is 45.1 Å². The van der Waals surface area contributed by atoms with Crippen molar-refractivity contribution in [2.24, 2.45) is 0 Å². The van der Waals surface area contributed by atoms with E-state index in [1.165, 1.54) is 0 Å². The fraction of sp³-hybridized carbons (Fsp3) is 0.412. The standard InChI is InChI=1S/C17H17NO4/c1-10-4-2-6-12-15(10)17(22)18(16(12)21)13-9-8-11(19)5-3-7-14(13)20/h2,4,6,13H,3,5,7-9H2,1H3. The minimum Gasteiger partial charge on any atom is -0.300 e. The number of amides is 2. The third-order valence-electron chi connectivity index (χ3n) is 4.41. The second-order valence-electron chi connectivity index (χ2n) is 5.89. The van der Waals surface area contributed by atoms with Crippen LogP contribution >= 0.6 is 0 Å². The van der Waals surface area contributed by atoms with Crippen LogP contribution in [-0.2, 0) is 9.59 Å². The quantitative estimate of drug-likeness (QED) is 0.744. The maximum Gasteiger partial charge on any atom is 0.262 e. The molecule has 1 saturated carbocycles. The van der Waals surface area contributed by atoms with Crippen LogP contribution in [0.15, 0.2) is 18.2 Å². The molecule has 0 radical (unpaired) electrons. The molecule has 1 aliphatic heterocycles. The van der Waals surface area contributed by atoms with Crippen LogP contribution < -0.4 is 0 Å². The highest BCUT2D eigenvalue weighted by molar-refractivity contribution is 6.23. The summed E-state index contributed by atoms with van der Waals surface area (Å²) >= 11 is 0. The molecule has 2 aliphatic rings.